The fourth-order valence-corrected chi connectivity index (χ4v) is 4.24. The van der Waals surface area contributed by atoms with Gasteiger partial charge in [0.1, 0.15) is 22.4 Å². The van der Waals surface area contributed by atoms with E-state index in [9.17, 15) is 22.8 Å². The Hall–Kier alpha value is -3.88. The lowest BCUT2D eigenvalue weighted by molar-refractivity contribution is -0.138. The summed E-state index contributed by atoms with van der Waals surface area (Å²) in [5.74, 6) is -0.716. The van der Waals surface area contributed by atoms with E-state index in [0.717, 1.165) is 23.6 Å². The van der Waals surface area contributed by atoms with Gasteiger partial charge in [0.2, 0.25) is 0 Å². The maximum atomic E-state index is 13.1. The Bertz CT molecular complexity index is 1330. The Morgan fingerprint density at radius 3 is 2.63 bits per heavy atom. The zero-order valence-electron chi connectivity index (χ0n) is 19.0. The molecule has 0 bridgehead atoms. The fraction of sp³-hybridized carbons (Fsp3) is 0.350. The van der Waals surface area contributed by atoms with E-state index >= 15 is 0 Å². The second kappa shape index (κ2) is 9.05. The summed E-state index contributed by atoms with van der Waals surface area (Å²) in [6.45, 7) is 3.23. The SMILES string of the molecule is Cc1cnc(NC(=O)c2cnc(C(C)NC(=O)C3=NCN(C)c4c3nnn4C)s2)cc1C(F)(F)F. The van der Waals surface area contributed by atoms with Crippen molar-refractivity contribution in [2.24, 2.45) is 12.0 Å². The number of alkyl halides is 3. The molecule has 0 saturated heterocycles. The number of carbonyl (C=O) groups excluding carboxylic acids is 2. The highest BCUT2D eigenvalue weighted by atomic mass is 32.1. The van der Waals surface area contributed by atoms with Crippen LogP contribution in [-0.4, -0.2) is 56.2 Å². The monoisotopic (exact) mass is 507 g/mol. The molecule has 3 aromatic heterocycles. The predicted octanol–water partition coefficient (Wildman–Crippen LogP) is 2.32. The highest BCUT2D eigenvalue weighted by Crippen LogP contribution is 2.33. The molecule has 0 fully saturated rings. The Kier molecular flexibility index (Phi) is 6.27. The van der Waals surface area contributed by atoms with Gasteiger partial charge in [-0.1, -0.05) is 5.21 Å². The maximum absolute atomic E-state index is 13.1. The van der Waals surface area contributed by atoms with Gasteiger partial charge >= 0.3 is 6.18 Å². The van der Waals surface area contributed by atoms with Gasteiger partial charge in [-0.15, -0.1) is 16.4 Å². The predicted molar refractivity (Wildman–Crippen MR) is 121 cm³/mol. The standard InChI is InChI=1S/C20H20F3N9O2S/c1-9-6-24-13(5-11(9)20(21,22)23)28-16(33)12-7-25-18(35-12)10(2)27-17(34)14-15-19(31(3)8-26-14)32(4)30-29-15/h5-7,10H,8H2,1-4H3,(H,27,34)(H,24,28,33). The van der Waals surface area contributed by atoms with E-state index in [1.807, 2.05) is 4.90 Å². The van der Waals surface area contributed by atoms with Crippen LogP contribution in [0.4, 0.5) is 24.8 Å². The quantitative estimate of drug-likeness (QED) is 0.542. The van der Waals surface area contributed by atoms with Gasteiger partial charge in [0.15, 0.2) is 17.2 Å². The van der Waals surface area contributed by atoms with Crippen molar-refractivity contribution in [3.05, 3.63) is 45.2 Å². The molecule has 4 rings (SSSR count). The van der Waals surface area contributed by atoms with Crippen LogP contribution in [0.1, 0.15) is 44.5 Å². The van der Waals surface area contributed by atoms with Crippen LogP contribution in [0.15, 0.2) is 23.5 Å². The number of aliphatic imine (C=N–C) groups is 1. The molecule has 2 N–H and O–H groups in total. The van der Waals surface area contributed by atoms with E-state index in [0.29, 0.717) is 16.5 Å². The van der Waals surface area contributed by atoms with Crippen molar-refractivity contribution in [1.29, 1.82) is 0 Å². The second-order valence-corrected chi connectivity index (χ2v) is 8.89. The molecule has 3 aromatic rings. The first-order chi connectivity index (χ1) is 16.5. The molecule has 15 heteroatoms. The first-order valence-electron chi connectivity index (χ1n) is 10.2. The number of hydrogen-bond acceptors (Lipinski definition) is 9. The van der Waals surface area contributed by atoms with Crippen molar-refractivity contribution in [2.75, 3.05) is 23.9 Å². The lowest BCUT2D eigenvalue weighted by Crippen LogP contribution is -2.38. The van der Waals surface area contributed by atoms with Gasteiger partial charge < -0.3 is 15.5 Å². The number of nitrogens with one attached hydrogen (secondary N) is 2. The Labute approximate surface area is 201 Å². The summed E-state index contributed by atoms with van der Waals surface area (Å²) >= 11 is 0.992. The minimum atomic E-state index is -4.57. The number of pyridine rings is 1. The third kappa shape index (κ3) is 4.84. The summed E-state index contributed by atoms with van der Waals surface area (Å²) in [7, 11) is 3.52. The van der Waals surface area contributed by atoms with Crippen molar-refractivity contribution in [3.63, 3.8) is 0 Å². The summed E-state index contributed by atoms with van der Waals surface area (Å²) in [5, 5.41) is 13.5. The molecule has 11 nitrogen and oxygen atoms in total. The summed E-state index contributed by atoms with van der Waals surface area (Å²) in [6.07, 6.45) is -2.24. The molecule has 0 aromatic carbocycles. The number of fused-ring (bicyclic) bond motifs is 1. The van der Waals surface area contributed by atoms with E-state index in [2.05, 4.69) is 35.9 Å². The molecule has 4 heterocycles. The number of anilines is 2. The molecule has 0 spiro atoms. The lowest BCUT2D eigenvalue weighted by Gasteiger charge is -2.23. The number of halogens is 3. The van der Waals surface area contributed by atoms with Crippen LogP contribution in [0.2, 0.25) is 0 Å². The molecule has 1 unspecified atom stereocenters. The molecule has 0 aliphatic carbocycles. The van der Waals surface area contributed by atoms with E-state index in [1.54, 1.807) is 25.7 Å². The molecule has 2 amide bonds. The van der Waals surface area contributed by atoms with Crippen molar-refractivity contribution < 1.29 is 22.8 Å². The number of aryl methyl sites for hydroxylation is 2. The molecule has 0 saturated carbocycles. The number of carbonyl (C=O) groups is 2. The maximum Gasteiger partial charge on any atom is 0.416 e. The first-order valence-corrected chi connectivity index (χ1v) is 11.0. The Morgan fingerprint density at radius 2 is 1.91 bits per heavy atom. The van der Waals surface area contributed by atoms with E-state index in [-0.39, 0.29) is 28.6 Å². The molecule has 1 atom stereocenters. The van der Waals surface area contributed by atoms with Crippen LogP contribution in [0.25, 0.3) is 0 Å². The minimum absolute atomic E-state index is 0.0528. The number of amides is 2. The number of thiazole rings is 1. The van der Waals surface area contributed by atoms with Gasteiger partial charge in [0, 0.05) is 20.3 Å². The van der Waals surface area contributed by atoms with Crippen LogP contribution in [-0.2, 0) is 18.0 Å². The van der Waals surface area contributed by atoms with Gasteiger partial charge in [0.05, 0.1) is 17.8 Å². The molecular formula is C20H20F3N9O2S. The average molecular weight is 508 g/mol. The fourth-order valence-electron chi connectivity index (χ4n) is 3.43. The molecule has 184 valence electrons. The smallest absolute Gasteiger partial charge is 0.342 e. The Morgan fingerprint density at radius 1 is 1.17 bits per heavy atom. The second-order valence-electron chi connectivity index (χ2n) is 7.83. The normalized spacial score (nSPS) is 14.3. The summed E-state index contributed by atoms with van der Waals surface area (Å²) in [6, 6.07) is 0.201. The van der Waals surface area contributed by atoms with E-state index in [4.69, 9.17) is 0 Å². The highest BCUT2D eigenvalue weighted by Gasteiger charge is 2.33. The molecule has 1 aliphatic heterocycles. The number of rotatable bonds is 5. The summed E-state index contributed by atoms with van der Waals surface area (Å²) < 4.78 is 40.9. The third-order valence-electron chi connectivity index (χ3n) is 5.15. The van der Waals surface area contributed by atoms with Gasteiger partial charge in [-0.2, -0.15) is 13.2 Å². The van der Waals surface area contributed by atoms with Gasteiger partial charge in [-0.25, -0.2) is 14.6 Å². The van der Waals surface area contributed by atoms with E-state index in [1.165, 1.54) is 13.1 Å². The number of hydrogen-bond donors (Lipinski definition) is 2. The van der Waals surface area contributed by atoms with Gasteiger partial charge in [-0.05, 0) is 25.5 Å². The van der Waals surface area contributed by atoms with Crippen LogP contribution >= 0.6 is 11.3 Å². The molecule has 35 heavy (non-hydrogen) atoms. The zero-order valence-corrected chi connectivity index (χ0v) is 19.8. The minimum Gasteiger partial charge on any atom is -0.342 e. The summed E-state index contributed by atoms with van der Waals surface area (Å²) in [5.41, 5.74) is -0.442. The van der Waals surface area contributed by atoms with Crippen LogP contribution in [0, 0.1) is 6.92 Å². The Balaban J connectivity index is 1.44. The van der Waals surface area contributed by atoms with Crippen molar-refractivity contribution in [2.45, 2.75) is 26.1 Å². The van der Waals surface area contributed by atoms with Gasteiger partial charge in [0.25, 0.3) is 11.8 Å². The van der Waals surface area contributed by atoms with Crippen molar-refractivity contribution >= 4 is 40.5 Å². The molecule has 1 aliphatic rings. The largest absolute Gasteiger partial charge is 0.416 e. The lowest BCUT2D eigenvalue weighted by atomic mass is 10.1. The first kappa shape index (κ1) is 24.3. The zero-order chi connectivity index (χ0) is 25.5. The van der Waals surface area contributed by atoms with E-state index < -0.39 is 29.6 Å². The average Bonchev–Trinajstić information content (AvgIpc) is 3.42. The highest BCUT2D eigenvalue weighted by molar-refractivity contribution is 7.13. The van der Waals surface area contributed by atoms with Crippen LogP contribution in [0.5, 0.6) is 0 Å². The molecule has 0 radical (unpaired) electrons. The van der Waals surface area contributed by atoms with Crippen LogP contribution < -0.4 is 15.5 Å². The van der Waals surface area contributed by atoms with Crippen molar-refractivity contribution in [3.8, 4) is 0 Å². The van der Waals surface area contributed by atoms with Gasteiger partial charge in [-0.3, -0.25) is 14.6 Å². The summed E-state index contributed by atoms with van der Waals surface area (Å²) in [4.78, 5) is 39.6. The molecular weight excluding hydrogens is 487 g/mol. The van der Waals surface area contributed by atoms with Crippen molar-refractivity contribution in [1.82, 2.24) is 30.3 Å². The topological polar surface area (TPSA) is 130 Å². The van der Waals surface area contributed by atoms with Crippen LogP contribution in [0.3, 0.4) is 0 Å². The number of aromatic nitrogens is 5. The number of nitrogens with zero attached hydrogens (tertiary/aromatic N) is 7. The third-order valence-corrected chi connectivity index (χ3v) is 6.33.